The molecule has 0 atom stereocenters. The van der Waals surface area contributed by atoms with E-state index in [-0.39, 0.29) is 13.2 Å². The highest BCUT2D eigenvalue weighted by atomic mass is 35.5. The first-order valence-corrected chi connectivity index (χ1v) is 9.29. The van der Waals surface area contributed by atoms with Crippen molar-refractivity contribution in [3.8, 4) is 17.2 Å². The molecule has 0 saturated carbocycles. The first-order chi connectivity index (χ1) is 14.5. The molecule has 0 unspecified atom stereocenters. The lowest BCUT2D eigenvalue weighted by atomic mass is 10.2. The van der Waals surface area contributed by atoms with Crippen LogP contribution in [0.15, 0.2) is 60.2 Å². The molecule has 0 saturated heterocycles. The van der Waals surface area contributed by atoms with Crippen LogP contribution >= 0.6 is 11.6 Å². The maximum atomic E-state index is 11.8. The van der Waals surface area contributed by atoms with E-state index in [9.17, 15) is 9.59 Å². The summed E-state index contributed by atoms with van der Waals surface area (Å²) in [6, 6.07) is 12.0. The van der Waals surface area contributed by atoms with Crippen molar-refractivity contribution in [2.75, 3.05) is 26.9 Å². The number of carbonyl (C=O) groups is 2. The highest BCUT2D eigenvalue weighted by Gasteiger charge is 2.08. The minimum Gasteiger partial charge on any atom is -0.493 e. The Morgan fingerprint density at radius 2 is 1.90 bits per heavy atom. The van der Waals surface area contributed by atoms with Crippen LogP contribution in [0.1, 0.15) is 5.56 Å². The van der Waals surface area contributed by atoms with Gasteiger partial charge in [-0.25, -0.2) is 5.43 Å². The Hall–Kier alpha value is -3.52. The molecule has 0 aliphatic carbocycles. The Morgan fingerprint density at radius 1 is 1.10 bits per heavy atom. The molecular formula is C21H22ClN3O5. The summed E-state index contributed by atoms with van der Waals surface area (Å²) in [7, 11) is 1.52. The van der Waals surface area contributed by atoms with Crippen molar-refractivity contribution < 1.29 is 23.8 Å². The van der Waals surface area contributed by atoms with E-state index in [0.29, 0.717) is 34.4 Å². The first kappa shape index (κ1) is 22.8. The van der Waals surface area contributed by atoms with Crippen LogP contribution in [-0.4, -0.2) is 44.9 Å². The van der Waals surface area contributed by atoms with Crippen LogP contribution in [0.3, 0.4) is 0 Å². The topological polar surface area (TPSA) is 98.2 Å². The van der Waals surface area contributed by atoms with Gasteiger partial charge < -0.3 is 19.5 Å². The fraction of sp³-hybridized carbons (Fsp3) is 0.190. The number of nitrogens with one attached hydrogen (secondary N) is 2. The van der Waals surface area contributed by atoms with Crippen LogP contribution < -0.4 is 25.0 Å². The molecule has 0 radical (unpaired) electrons. The zero-order valence-electron chi connectivity index (χ0n) is 16.4. The van der Waals surface area contributed by atoms with Gasteiger partial charge in [0, 0.05) is 0 Å². The Bertz CT molecular complexity index is 917. The minimum absolute atomic E-state index is 0.250. The van der Waals surface area contributed by atoms with Crippen LogP contribution in [0.4, 0.5) is 0 Å². The van der Waals surface area contributed by atoms with Crippen molar-refractivity contribution in [3.05, 3.63) is 65.7 Å². The van der Waals surface area contributed by atoms with Gasteiger partial charge in [0.2, 0.25) is 0 Å². The van der Waals surface area contributed by atoms with Gasteiger partial charge in [0.1, 0.15) is 12.4 Å². The third-order valence-electron chi connectivity index (χ3n) is 3.59. The second kappa shape index (κ2) is 12.1. The van der Waals surface area contributed by atoms with Crippen molar-refractivity contribution in [2.24, 2.45) is 5.10 Å². The molecule has 0 aliphatic rings. The van der Waals surface area contributed by atoms with E-state index < -0.39 is 11.8 Å². The van der Waals surface area contributed by atoms with Gasteiger partial charge in [-0.1, -0.05) is 36.4 Å². The fourth-order valence-corrected chi connectivity index (χ4v) is 2.38. The number of carbonyl (C=O) groups excluding carboxylic acids is 2. The summed E-state index contributed by atoms with van der Waals surface area (Å²) in [5.41, 5.74) is 3.01. The molecule has 0 bridgehead atoms. The number of hydrazone groups is 1. The van der Waals surface area contributed by atoms with Gasteiger partial charge in [-0.3, -0.25) is 9.59 Å². The van der Waals surface area contributed by atoms with Crippen LogP contribution in [0.5, 0.6) is 17.2 Å². The predicted molar refractivity (Wildman–Crippen MR) is 114 cm³/mol. The Morgan fingerprint density at radius 3 is 2.63 bits per heavy atom. The van der Waals surface area contributed by atoms with Crippen molar-refractivity contribution in [1.82, 2.24) is 10.7 Å². The highest BCUT2D eigenvalue weighted by Crippen LogP contribution is 2.27. The van der Waals surface area contributed by atoms with E-state index in [1.54, 1.807) is 48.5 Å². The van der Waals surface area contributed by atoms with E-state index >= 15 is 0 Å². The van der Waals surface area contributed by atoms with E-state index in [1.165, 1.54) is 13.3 Å². The van der Waals surface area contributed by atoms with Gasteiger partial charge in [0.25, 0.3) is 11.8 Å². The lowest BCUT2D eigenvalue weighted by Crippen LogP contribution is -2.37. The van der Waals surface area contributed by atoms with Crippen LogP contribution in [0, 0.1) is 0 Å². The molecule has 2 N–H and O–H groups in total. The molecule has 158 valence electrons. The SMILES string of the molecule is C=CCOc1ccc(/C=N/NC(=O)CNC(=O)COc2ccccc2Cl)cc1OC. The number of halogens is 1. The Balaban J connectivity index is 1.75. The lowest BCUT2D eigenvalue weighted by molar-refractivity contribution is -0.127. The number of benzene rings is 2. The van der Waals surface area contributed by atoms with Gasteiger partial charge in [-0.2, -0.15) is 5.10 Å². The zero-order valence-corrected chi connectivity index (χ0v) is 17.1. The van der Waals surface area contributed by atoms with Crippen molar-refractivity contribution in [1.29, 1.82) is 0 Å². The van der Waals surface area contributed by atoms with Gasteiger partial charge in [-0.05, 0) is 35.9 Å². The Labute approximate surface area is 179 Å². The normalized spacial score (nSPS) is 10.3. The zero-order chi connectivity index (χ0) is 21.8. The molecular weight excluding hydrogens is 410 g/mol. The molecule has 2 aromatic carbocycles. The second-order valence-corrected chi connectivity index (χ2v) is 6.21. The molecule has 0 aromatic heterocycles. The highest BCUT2D eigenvalue weighted by molar-refractivity contribution is 6.32. The third-order valence-corrected chi connectivity index (χ3v) is 3.90. The van der Waals surface area contributed by atoms with Crippen LogP contribution in [0.25, 0.3) is 0 Å². The fourth-order valence-electron chi connectivity index (χ4n) is 2.19. The average Bonchev–Trinajstić information content (AvgIpc) is 2.76. The summed E-state index contributed by atoms with van der Waals surface area (Å²) in [6.07, 6.45) is 3.08. The molecule has 0 aliphatic heterocycles. The predicted octanol–water partition coefficient (Wildman–Crippen LogP) is 2.56. The largest absolute Gasteiger partial charge is 0.493 e. The summed E-state index contributed by atoms with van der Waals surface area (Å²) < 4.78 is 16.0. The number of methoxy groups -OCH3 is 1. The standard InChI is InChI=1S/C21H22ClN3O5/c1-3-10-29-18-9-8-15(11-19(18)28-2)12-24-25-20(26)13-23-21(27)14-30-17-7-5-4-6-16(17)22/h3-9,11-12H,1,10,13-14H2,2H3,(H,23,27)(H,25,26)/b24-12+. The maximum absolute atomic E-state index is 11.8. The summed E-state index contributed by atoms with van der Waals surface area (Å²) in [5.74, 6) is 0.530. The van der Waals surface area contributed by atoms with Crippen molar-refractivity contribution in [3.63, 3.8) is 0 Å². The molecule has 30 heavy (non-hydrogen) atoms. The molecule has 2 amide bonds. The molecule has 2 aromatic rings. The smallest absolute Gasteiger partial charge is 0.259 e. The molecule has 9 heteroatoms. The summed E-state index contributed by atoms with van der Waals surface area (Å²) >= 11 is 5.94. The van der Waals surface area contributed by atoms with Crippen LogP contribution in [0.2, 0.25) is 5.02 Å². The van der Waals surface area contributed by atoms with E-state index in [4.69, 9.17) is 25.8 Å². The van der Waals surface area contributed by atoms with Crippen LogP contribution in [-0.2, 0) is 9.59 Å². The van der Waals surface area contributed by atoms with E-state index in [2.05, 4.69) is 22.4 Å². The summed E-state index contributed by atoms with van der Waals surface area (Å²) in [6.45, 7) is 3.44. The monoisotopic (exact) mass is 431 g/mol. The number of nitrogens with zero attached hydrogens (tertiary/aromatic N) is 1. The van der Waals surface area contributed by atoms with E-state index in [1.807, 2.05) is 0 Å². The van der Waals surface area contributed by atoms with Gasteiger partial charge in [0.05, 0.1) is 24.9 Å². The molecule has 0 heterocycles. The number of rotatable bonds is 11. The minimum atomic E-state index is -0.491. The van der Waals surface area contributed by atoms with Gasteiger partial charge in [-0.15, -0.1) is 0 Å². The second-order valence-electron chi connectivity index (χ2n) is 5.80. The summed E-state index contributed by atoms with van der Waals surface area (Å²) in [5, 5.41) is 6.68. The number of hydrogen-bond donors (Lipinski definition) is 2. The van der Waals surface area contributed by atoms with Gasteiger partial charge in [0.15, 0.2) is 18.1 Å². The van der Waals surface area contributed by atoms with Crippen molar-refractivity contribution in [2.45, 2.75) is 0 Å². The van der Waals surface area contributed by atoms with Crippen molar-refractivity contribution >= 4 is 29.6 Å². The Kier molecular flexibility index (Phi) is 9.20. The maximum Gasteiger partial charge on any atom is 0.259 e. The quantitative estimate of drug-likeness (QED) is 0.323. The molecule has 2 rings (SSSR count). The number of ether oxygens (including phenoxy) is 3. The number of para-hydroxylation sites is 1. The molecule has 0 fully saturated rings. The first-order valence-electron chi connectivity index (χ1n) is 8.91. The molecule has 0 spiro atoms. The number of hydrogen-bond acceptors (Lipinski definition) is 6. The average molecular weight is 432 g/mol. The summed E-state index contributed by atoms with van der Waals surface area (Å²) in [4.78, 5) is 23.6. The van der Waals surface area contributed by atoms with E-state index in [0.717, 1.165) is 0 Å². The number of amides is 2. The third kappa shape index (κ3) is 7.48. The lowest BCUT2D eigenvalue weighted by Gasteiger charge is -2.09. The molecule has 8 nitrogen and oxygen atoms in total. The van der Waals surface area contributed by atoms with Gasteiger partial charge >= 0.3 is 0 Å².